The van der Waals surface area contributed by atoms with Crippen LogP contribution in [-0.2, 0) is 6.42 Å². The van der Waals surface area contributed by atoms with Gasteiger partial charge in [0.1, 0.15) is 0 Å². The van der Waals surface area contributed by atoms with Gasteiger partial charge in [0, 0.05) is 6.04 Å². The highest BCUT2D eigenvalue weighted by atomic mass is 16.5. The van der Waals surface area contributed by atoms with Gasteiger partial charge in [-0.3, -0.25) is 0 Å². The molecule has 1 aliphatic carbocycles. The van der Waals surface area contributed by atoms with Gasteiger partial charge in [-0.05, 0) is 49.3 Å². The van der Waals surface area contributed by atoms with Gasteiger partial charge in [0.05, 0.1) is 13.7 Å². The molecule has 1 aromatic carbocycles. The van der Waals surface area contributed by atoms with Gasteiger partial charge in [0.2, 0.25) is 0 Å². The van der Waals surface area contributed by atoms with Gasteiger partial charge in [0.15, 0.2) is 11.5 Å². The molecule has 0 radical (unpaired) electrons. The van der Waals surface area contributed by atoms with Gasteiger partial charge in [-0.25, -0.2) is 0 Å². The molecule has 3 heteroatoms. The van der Waals surface area contributed by atoms with Gasteiger partial charge in [0.25, 0.3) is 0 Å². The van der Waals surface area contributed by atoms with Crippen LogP contribution in [0.1, 0.15) is 63.9 Å². The Labute approximate surface area is 141 Å². The van der Waals surface area contributed by atoms with Crippen LogP contribution < -0.4 is 15.2 Å². The maximum atomic E-state index is 6.28. The number of rotatable bonds is 9. The van der Waals surface area contributed by atoms with Gasteiger partial charge < -0.3 is 15.2 Å². The zero-order valence-electron chi connectivity index (χ0n) is 14.9. The Bertz CT molecular complexity index is 461. The van der Waals surface area contributed by atoms with E-state index in [1.54, 1.807) is 7.11 Å². The predicted octanol–water partition coefficient (Wildman–Crippen LogP) is 4.71. The first-order chi connectivity index (χ1) is 11.2. The van der Waals surface area contributed by atoms with Crippen molar-refractivity contribution in [2.75, 3.05) is 13.7 Å². The molecule has 1 fully saturated rings. The number of methoxy groups -OCH3 is 1. The summed E-state index contributed by atoms with van der Waals surface area (Å²) in [6.07, 6.45) is 10.9. The number of unbranched alkanes of at least 4 members (excludes halogenated alkanes) is 3. The van der Waals surface area contributed by atoms with Gasteiger partial charge in [-0.2, -0.15) is 0 Å². The van der Waals surface area contributed by atoms with Crippen LogP contribution in [0.25, 0.3) is 0 Å². The zero-order valence-corrected chi connectivity index (χ0v) is 14.9. The highest BCUT2D eigenvalue weighted by molar-refractivity contribution is 5.43. The first kappa shape index (κ1) is 18.1. The van der Waals surface area contributed by atoms with E-state index in [1.807, 2.05) is 0 Å². The molecular formula is C20H33NO2. The van der Waals surface area contributed by atoms with E-state index in [2.05, 4.69) is 25.1 Å². The third kappa shape index (κ3) is 5.72. The van der Waals surface area contributed by atoms with Crippen molar-refractivity contribution in [3.05, 3.63) is 23.8 Å². The normalized spacial score (nSPS) is 21.2. The molecule has 2 rings (SSSR count). The fraction of sp³-hybridized carbons (Fsp3) is 0.700. The lowest BCUT2D eigenvalue weighted by Gasteiger charge is -2.28. The minimum atomic E-state index is 0.351. The molecule has 0 saturated heterocycles. The van der Waals surface area contributed by atoms with Crippen molar-refractivity contribution >= 4 is 0 Å². The molecule has 1 aromatic rings. The summed E-state index contributed by atoms with van der Waals surface area (Å²) in [5, 5.41) is 0. The SMILES string of the molecule is CCCCCCOc1ccc(CC2CCCCC2N)cc1OC. The molecule has 0 heterocycles. The Balaban J connectivity index is 1.90. The Kier molecular flexibility index (Phi) is 7.73. The van der Waals surface area contributed by atoms with Crippen molar-refractivity contribution in [2.24, 2.45) is 11.7 Å². The quantitative estimate of drug-likeness (QED) is 0.670. The fourth-order valence-corrected chi connectivity index (χ4v) is 3.46. The molecule has 0 aromatic heterocycles. The van der Waals surface area contributed by atoms with E-state index < -0.39 is 0 Å². The molecule has 2 unspecified atom stereocenters. The Morgan fingerprint density at radius 2 is 1.91 bits per heavy atom. The minimum absolute atomic E-state index is 0.351. The van der Waals surface area contributed by atoms with Crippen molar-refractivity contribution < 1.29 is 9.47 Å². The second-order valence-corrected chi connectivity index (χ2v) is 6.81. The summed E-state index contributed by atoms with van der Waals surface area (Å²) in [4.78, 5) is 0. The first-order valence-corrected chi connectivity index (χ1v) is 9.30. The monoisotopic (exact) mass is 319 g/mol. The molecule has 2 atom stereocenters. The van der Waals surface area contributed by atoms with E-state index >= 15 is 0 Å². The molecule has 23 heavy (non-hydrogen) atoms. The molecule has 0 spiro atoms. The van der Waals surface area contributed by atoms with E-state index in [-0.39, 0.29) is 0 Å². The summed E-state index contributed by atoms with van der Waals surface area (Å²) in [5.41, 5.74) is 7.58. The van der Waals surface area contributed by atoms with E-state index in [0.29, 0.717) is 12.0 Å². The Morgan fingerprint density at radius 3 is 2.65 bits per heavy atom. The number of nitrogens with two attached hydrogens (primary N) is 1. The van der Waals surface area contributed by atoms with E-state index in [4.69, 9.17) is 15.2 Å². The number of hydrogen-bond donors (Lipinski definition) is 1. The second kappa shape index (κ2) is 9.82. The highest BCUT2D eigenvalue weighted by Crippen LogP contribution is 2.32. The third-order valence-electron chi connectivity index (χ3n) is 4.95. The maximum absolute atomic E-state index is 6.28. The molecule has 0 amide bonds. The van der Waals surface area contributed by atoms with Crippen molar-refractivity contribution in [2.45, 2.75) is 70.8 Å². The van der Waals surface area contributed by atoms with Crippen molar-refractivity contribution in [1.29, 1.82) is 0 Å². The molecular weight excluding hydrogens is 286 g/mol. The van der Waals surface area contributed by atoms with Gasteiger partial charge >= 0.3 is 0 Å². The average molecular weight is 319 g/mol. The van der Waals surface area contributed by atoms with Crippen LogP contribution in [0, 0.1) is 5.92 Å². The van der Waals surface area contributed by atoms with Gasteiger partial charge in [-0.1, -0.05) is 45.1 Å². The number of ether oxygens (including phenoxy) is 2. The maximum Gasteiger partial charge on any atom is 0.161 e. The topological polar surface area (TPSA) is 44.5 Å². The molecule has 1 saturated carbocycles. The summed E-state index contributed by atoms with van der Waals surface area (Å²) in [7, 11) is 1.72. The van der Waals surface area contributed by atoms with Crippen molar-refractivity contribution in [3.63, 3.8) is 0 Å². The van der Waals surface area contributed by atoms with Crippen molar-refractivity contribution in [1.82, 2.24) is 0 Å². The molecule has 130 valence electrons. The van der Waals surface area contributed by atoms with Crippen LogP contribution in [-0.4, -0.2) is 19.8 Å². The van der Waals surface area contributed by atoms with Crippen LogP contribution in [0.2, 0.25) is 0 Å². The smallest absolute Gasteiger partial charge is 0.161 e. The zero-order chi connectivity index (χ0) is 16.5. The summed E-state index contributed by atoms with van der Waals surface area (Å²) >= 11 is 0. The molecule has 0 bridgehead atoms. The summed E-state index contributed by atoms with van der Waals surface area (Å²) in [5.74, 6) is 2.32. The lowest BCUT2D eigenvalue weighted by atomic mass is 9.81. The predicted molar refractivity (Wildman–Crippen MR) is 96.3 cm³/mol. The standard InChI is InChI=1S/C20H33NO2/c1-3-4-5-8-13-23-19-12-11-16(15-20(19)22-2)14-17-9-6-7-10-18(17)21/h11-12,15,17-18H,3-10,13-14,21H2,1-2H3. The van der Waals surface area contributed by atoms with Crippen LogP contribution >= 0.6 is 0 Å². The van der Waals surface area contributed by atoms with Crippen LogP contribution in [0.4, 0.5) is 0 Å². The second-order valence-electron chi connectivity index (χ2n) is 6.81. The molecule has 1 aliphatic rings. The summed E-state index contributed by atoms with van der Waals surface area (Å²) in [6, 6.07) is 6.71. The van der Waals surface area contributed by atoms with E-state index in [9.17, 15) is 0 Å². The number of benzene rings is 1. The Morgan fingerprint density at radius 1 is 1.09 bits per heavy atom. The lowest BCUT2D eigenvalue weighted by Crippen LogP contribution is -2.34. The van der Waals surface area contributed by atoms with E-state index in [1.165, 1.54) is 50.5 Å². The molecule has 0 aliphatic heterocycles. The van der Waals surface area contributed by atoms with Crippen LogP contribution in [0.5, 0.6) is 11.5 Å². The minimum Gasteiger partial charge on any atom is -0.493 e. The number of hydrogen-bond acceptors (Lipinski definition) is 3. The fourth-order valence-electron chi connectivity index (χ4n) is 3.46. The van der Waals surface area contributed by atoms with Crippen molar-refractivity contribution in [3.8, 4) is 11.5 Å². The van der Waals surface area contributed by atoms with Gasteiger partial charge in [-0.15, -0.1) is 0 Å². The largest absolute Gasteiger partial charge is 0.493 e. The summed E-state index contributed by atoms with van der Waals surface area (Å²) < 4.78 is 11.4. The summed E-state index contributed by atoms with van der Waals surface area (Å²) in [6.45, 7) is 2.99. The molecule has 3 nitrogen and oxygen atoms in total. The lowest BCUT2D eigenvalue weighted by molar-refractivity contribution is 0.284. The first-order valence-electron chi connectivity index (χ1n) is 9.30. The average Bonchev–Trinajstić information content (AvgIpc) is 2.57. The highest BCUT2D eigenvalue weighted by Gasteiger charge is 2.22. The molecule has 2 N–H and O–H groups in total. The van der Waals surface area contributed by atoms with Crippen LogP contribution in [0.15, 0.2) is 18.2 Å². The van der Waals surface area contributed by atoms with Crippen LogP contribution in [0.3, 0.4) is 0 Å². The van der Waals surface area contributed by atoms with E-state index in [0.717, 1.165) is 30.9 Å². The third-order valence-corrected chi connectivity index (χ3v) is 4.95. The Hall–Kier alpha value is -1.22.